The summed E-state index contributed by atoms with van der Waals surface area (Å²) in [7, 11) is 0. The van der Waals surface area contributed by atoms with E-state index in [9.17, 15) is 4.79 Å². The summed E-state index contributed by atoms with van der Waals surface area (Å²) in [5.74, 6) is -1.10. The molecule has 1 unspecified atom stereocenters. The summed E-state index contributed by atoms with van der Waals surface area (Å²) in [4.78, 5) is 10.2. The van der Waals surface area contributed by atoms with Gasteiger partial charge in [0.15, 0.2) is 6.10 Å². The summed E-state index contributed by atoms with van der Waals surface area (Å²) in [6, 6.07) is 0. The highest BCUT2D eigenvalue weighted by molar-refractivity contribution is 5.71. The van der Waals surface area contributed by atoms with Crippen LogP contribution in [0.15, 0.2) is 0 Å². The van der Waals surface area contributed by atoms with Crippen molar-refractivity contribution in [2.75, 3.05) is 0 Å². The van der Waals surface area contributed by atoms with Gasteiger partial charge in [-0.25, -0.2) is 4.79 Å². The molecular weight excluding hydrogens is 456 g/mol. The highest BCUT2D eigenvalue weighted by Crippen LogP contribution is 2.08. The van der Waals surface area contributed by atoms with Gasteiger partial charge in [-0.2, -0.15) is 0 Å². The standard InChI is InChI=1S/C10H20O3.3C8H18/c1-2-3-4-5-6-7-8-9(11)10(12)13;3*1-3-5-7-8-6-4-2/h9,11H,2-8H2,1H3,(H,12,13);3*3-8H2,1-2H3. The first-order chi connectivity index (χ1) is 17.9. The van der Waals surface area contributed by atoms with Gasteiger partial charge in [0.25, 0.3) is 0 Å². The van der Waals surface area contributed by atoms with E-state index in [1.165, 1.54) is 135 Å². The zero-order valence-electron chi connectivity index (χ0n) is 27.1. The van der Waals surface area contributed by atoms with Crippen molar-refractivity contribution in [2.45, 2.75) is 215 Å². The monoisotopic (exact) mass is 531 g/mol. The molecule has 0 aromatic rings. The molecule has 0 aliphatic carbocycles. The van der Waals surface area contributed by atoms with Crippen LogP contribution in [0.4, 0.5) is 0 Å². The van der Waals surface area contributed by atoms with Crippen molar-refractivity contribution < 1.29 is 15.0 Å². The van der Waals surface area contributed by atoms with Crippen molar-refractivity contribution in [1.82, 2.24) is 0 Å². The SMILES string of the molecule is CCCCCCCC.CCCCCCCC.CCCCCCCC.CCCCCCCCC(O)C(=O)O. The van der Waals surface area contributed by atoms with Gasteiger partial charge in [0, 0.05) is 0 Å². The molecule has 0 bridgehead atoms. The number of aliphatic carboxylic acids is 1. The average Bonchev–Trinajstić information content (AvgIpc) is 2.90. The predicted octanol–water partition coefficient (Wildman–Crippen LogP) is 12.3. The first kappa shape index (κ1) is 43.5. The normalized spacial score (nSPS) is 10.8. The fourth-order valence-electron chi connectivity index (χ4n) is 3.80. The van der Waals surface area contributed by atoms with Crippen LogP contribution in [0.5, 0.6) is 0 Å². The van der Waals surface area contributed by atoms with Gasteiger partial charge < -0.3 is 10.2 Å². The third-order valence-corrected chi connectivity index (χ3v) is 6.49. The van der Waals surface area contributed by atoms with Crippen molar-refractivity contribution >= 4 is 5.97 Å². The van der Waals surface area contributed by atoms with E-state index in [2.05, 4.69) is 48.5 Å². The number of carboxylic acid groups (broad SMARTS) is 1. The Morgan fingerprint density at radius 2 is 0.595 bits per heavy atom. The number of hydrogen-bond donors (Lipinski definition) is 2. The zero-order valence-corrected chi connectivity index (χ0v) is 27.1. The van der Waals surface area contributed by atoms with Crippen molar-refractivity contribution in [3.63, 3.8) is 0 Å². The molecule has 0 heterocycles. The summed E-state index contributed by atoms with van der Waals surface area (Å²) in [5, 5.41) is 17.3. The lowest BCUT2D eigenvalue weighted by molar-refractivity contribution is -0.146. The number of aliphatic hydroxyl groups is 1. The predicted molar refractivity (Wildman–Crippen MR) is 169 cm³/mol. The minimum Gasteiger partial charge on any atom is -0.479 e. The summed E-state index contributed by atoms with van der Waals surface area (Å²) >= 11 is 0. The van der Waals surface area contributed by atoms with Gasteiger partial charge in [0.1, 0.15) is 0 Å². The molecule has 228 valence electrons. The van der Waals surface area contributed by atoms with Crippen LogP contribution in [0.1, 0.15) is 209 Å². The van der Waals surface area contributed by atoms with E-state index in [0.717, 1.165) is 19.3 Å². The van der Waals surface area contributed by atoms with Gasteiger partial charge in [-0.1, -0.05) is 203 Å². The molecule has 0 saturated carbocycles. The minimum atomic E-state index is -1.16. The molecule has 0 saturated heterocycles. The molecule has 37 heavy (non-hydrogen) atoms. The van der Waals surface area contributed by atoms with Gasteiger partial charge in [-0.05, 0) is 6.42 Å². The molecule has 0 radical (unpaired) electrons. The Hall–Kier alpha value is -0.570. The van der Waals surface area contributed by atoms with Gasteiger partial charge >= 0.3 is 5.97 Å². The topological polar surface area (TPSA) is 57.5 Å². The Balaban J connectivity index is -0.000000202. The first-order valence-electron chi connectivity index (χ1n) is 16.8. The second-order valence-corrected chi connectivity index (χ2v) is 10.7. The third kappa shape index (κ3) is 56.7. The Morgan fingerprint density at radius 3 is 0.784 bits per heavy atom. The molecular formula is C34H74O3. The lowest BCUT2D eigenvalue weighted by Gasteiger charge is -2.04. The number of carboxylic acids is 1. The van der Waals surface area contributed by atoms with Gasteiger partial charge in [-0.3, -0.25) is 0 Å². The van der Waals surface area contributed by atoms with E-state index >= 15 is 0 Å². The van der Waals surface area contributed by atoms with E-state index in [0.29, 0.717) is 6.42 Å². The zero-order chi connectivity index (χ0) is 28.8. The molecule has 0 aromatic heterocycles. The van der Waals surface area contributed by atoms with E-state index in [-0.39, 0.29) is 0 Å². The van der Waals surface area contributed by atoms with E-state index in [1.807, 2.05) is 0 Å². The first-order valence-corrected chi connectivity index (χ1v) is 16.8. The molecule has 0 aliphatic heterocycles. The van der Waals surface area contributed by atoms with E-state index in [1.54, 1.807) is 0 Å². The number of carbonyl (C=O) groups is 1. The molecule has 0 amide bonds. The third-order valence-electron chi connectivity index (χ3n) is 6.49. The molecule has 2 N–H and O–H groups in total. The van der Waals surface area contributed by atoms with Crippen molar-refractivity contribution in [1.29, 1.82) is 0 Å². The maximum Gasteiger partial charge on any atom is 0.332 e. The van der Waals surface area contributed by atoms with Gasteiger partial charge in [-0.15, -0.1) is 0 Å². The lowest BCUT2D eigenvalue weighted by atomic mass is 10.1. The molecule has 3 heteroatoms. The lowest BCUT2D eigenvalue weighted by Crippen LogP contribution is -2.18. The van der Waals surface area contributed by atoms with Crippen LogP contribution in [-0.4, -0.2) is 22.3 Å². The molecule has 0 spiro atoms. The van der Waals surface area contributed by atoms with Crippen molar-refractivity contribution in [3.8, 4) is 0 Å². The Bertz CT molecular complexity index is 310. The van der Waals surface area contributed by atoms with Crippen LogP contribution in [0, 0.1) is 0 Å². The second kappa shape index (κ2) is 45.4. The maximum absolute atomic E-state index is 10.2. The quantitative estimate of drug-likeness (QED) is 0.129. The van der Waals surface area contributed by atoms with Crippen LogP contribution in [0.3, 0.4) is 0 Å². The summed E-state index contributed by atoms with van der Waals surface area (Å²) in [6.45, 7) is 15.7. The smallest absolute Gasteiger partial charge is 0.332 e. The van der Waals surface area contributed by atoms with Crippen LogP contribution in [0.25, 0.3) is 0 Å². The number of rotatable bonds is 23. The maximum atomic E-state index is 10.2. The van der Waals surface area contributed by atoms with Crippen LogP contribution >= 0.6 is 0 Å². The molecule has 0 rings (SSSR count). The molecule has 3 nitrogen and oxygen atoms in total. The Kier molecular flexibility index (Phi) is 53.3. The summed E-state index contributed by atoms with van der Waals surface area (Å²) in [5.41, 5.74) is 0. The van der Waals surface area contributed by atoms with E-state index in [4.69, 9.17) is 10.2 Å². The van der Waals surface area contributed by atoms with Crippen molar-refractivity contribution in [2.24, 2.45) is 0 Å². The number of hydrogen-bond acceptors (Lipinski definition) is 2. The molecule has 0 aliphatic rings. The van der Waals surface area contributed by atoms with Crippen molar-refractivity contribution in [3.05, 3.63) is 0 Å². The Morgan fingerprint density at radius 1 is 0.405 bits per heavy atom. The highest BCUT2D eigenvalue weighted by Gasteiger charge is 2.11. The molecule has 0 aromatic carbocycles. The molecule has 0 fully saturated rings. The minimum absolute atomic E-state index is 0.390. The number of aliphatic hydroxyl groups excluding tert-OH is 1. The summed E-state index contributed by atoms with van der Waals surface area (Å²) < 4.78 is 0. The highest BCUT2D eigenvalue weighted by atomic mass is 16.4. The second-order valence-electron chi connectivity index (χ2n) is 10.7. The average molecular weight is 531 g/mol. The molecule has 1 atom stereocenters. The van der Waals surface area contributed by atoms with Crippen LogP contribution < -0.4 is 0 Å². The van der Waals surface area contributed by atoms with Crippen LogP contribution in [-0.2, 0) is 4.79 Å². The van der Waals surface area contributed by atoms with Gasteiger partial charge in [0.05, 0.1) is 0 Å². The summed E-state index contributed by atoms with van der Waals surface area (Å²) in [6.07, 6.45) is 31.4. The fourth-order valence-corrected chi connectivity index (χ4v) is 3.80. The fraction of sp³-hybridized carbons (Fsp3) is 0.971. The Labute approximate surface area is 236 Å². The largest absolute Gasteiger partial charge is 0.479 e. The number of unbranched alkanes of at least 4 members (excludes halogenated alkanes) is 20. The van der Waals surface area contributed by atoms with Crippen LogP contribution in [0.2, 0.25) is 0 Å². The van der Waals surface area contributed by atoms with Gasteiger partial charge in [0.2, 0.25) is 0 Å². The van der Waals surface area contributed by atoms with E-state index < -0.39 is 12.1 Å².